The number of aromatic nitrogens is 4. The predicted octanol–water partition coefficient (Wildman–Crippen LogP) is 3.91. The van der Waals surface area contributed by atoms with Crippen LogP contribution in [0.4, 0.5) is 0 Å². The summed E-state index contributed by atoms with van der Waals surface area (Å²) in [5, 5.41) is 10.9. The molecule has 0 bridgehead atoms. The Morgan fingerprint density at radius 1 is 1.24 bits per heavy atom. The Bertz CT molecular complexity index is 957. The van der Waals surface area contributed by atoms with Gasteiger partial charge in [-0.25, -0.2) is 9.67 Å². The fourth-order valence-corrected chi connectivity index (χ4v) is 2.68. The summed E-state index contributed by atoms with van der Waals surface area (Å²) in [4.78, 5) is 4.49. The van der Waals surface area contributed by atoms with E-state index in [9.17, 15) is 0 Å². The smallest absolute Gasteiger partial charge is 0.176 e. The van der Waals surface area contributed by atoms with E-state index in [-0.39, 0.29) is 0 Å². The quantitative estimate of drug-likeness (QED) is 0.563. The summed E-state index contributed by atoms with van der Waals surface area (Å²) in [5.41, 5.74) is 2.47. The van der Waals surface area contributed by atoms with E-state index < -0.39 is 0 Å². The lowest BCUT2D eigenvalue weighted by Gasteiger charge is -1.98. The molecule has 0 radical (unpaired) electrons. The van der Waals surface area contributed by atoms with Crippen molar-refractivity contribution in [2.24, 2.45) is 0 Å². The van der Waals surface area contributed by atoms with Crippen LogP contribution in [0.15, 0.2) is 41.2 Å². The van der Waals surface area contributed by atoms with Gasteiger partial charge < -0.3 is 4.52 Å². The Balaban J connectivity index is 2.01. The van der Waals surface area contributed by atoms with E-state index in [1.165, 1.54) is 0 Å². The molecule has 0 aliphatic heterocycles. The Kier molecular flexibility index (Phi) is 2.68. The molecule has 0 saturated carbocycles. The molecule has 0 fully saturated rings. The van der Waals surface area contributed by atoms with E-state index in [2.05, 4.69) is 15.2 Å². The largest absolute Gasteiger partial charge is 0.355 e. The highest BCUT2D eigenvalue weighted by Crippen LogP contribution is 2.32. The molecule has 4 aromatic rings. The van der Waals surface area contributed by atoms with Crippen LogP contribution < -0.4 is 0 Å². The maximum atomic E-state index is 6.04. The number of hydrogen-bond donors (Lipinski definition) is 0. The van der Waals surface area contributed by atoms with Crippen LogP contribution in [0.5, 0.6) is 0 Å². The van der Waals surface area contributed by atoms with Crippen molar-refractivity contribution in [3.05, 3.63) is 41.7 Å². The van der Waals surface area contributed by atoms with E-state index in [0.29, 0.717) is 10.8 Å². The predicted molar refractivity (Wildman–Crippen MR) is 81.2 cm³/mol. The van der Waals surface area contributed by atoms with Crippen LogP contribution in [0.2, 0.25) is 5.02 Å². The Morgan fingerprint density at radius 3 is 2.95 bits per heavy atom. The van der Waals surface area contributed by atoms with Crippen molar-refractivity contribution in [2.45, 2.75) is 13.5 Å². The third-order valence-electron chi connectivity index (χ3n) is 3.50. The monoisotopic (exact) mass is 298 g/mol. The summed E-state index contributed by atoms with van der Waals surface area (Å²) in [6.07, 6.45) is 3.55. The molecule has 1 aromatic carbocycles. The maximum absolute atomic E-state index is 6.04. The molecule has 0 aliphatic rings. The molecule has 0 aliphatic carbocycles. The zero-order chi connectivity index (χ0) is 14.4. The van der Waals surface area contributed by atoms with Crippen LogP contribution in [-0.2, 0) is 6.54 Å². The topological polar surface area (TPSA) is 56.7 Å². The van der Waals surface area contributed by atoms with Gasteiger partial charge in [0.1, 0.15) is 5.52 Å². The van der Waals surface area contributed by atoms with Crippen molar-refractivity contribution in [3.8, 4) is 11.3 Å². The van der Waals surface area contributed by atoms with Crippen LogP contribution >= 0.6 is 11.6 Å². The number of pyridine rings is 1. The summed E-state index contributed by atoms with van der Waals surface area (Å²) >= 11 is 6.04. The molecule has 4 rings (SSSR count). The molecular weight excluding hydrogens is 288 g/mol. The summed E-state index contributed by atoms with van der Waals surface area (Å²) < 4.78 is 7.36. The Morgan fingerprint density at radius 2 is 2.14 bits per heavy atom. The summed E-state index contributed by atoms with van der Waals surface area (Å²) in [6.45, 7) is 2.79. The summed E-state index contributed by atoms with van der Waals surface area (Å²) in [7, 11) is 0. The lowest BCUT2D eigenvalue weighted by atomic mass is 10.1. The number of halogens is 1. The van der Waals surface area contributed by atoms with Crippen molar-refractivity contribution in [1.82, 2.24) is 19.9 Å². The highest BCUT2D eigenvalue weighted by atomic mass is 35.5. The molecular formula is C15H11ClN4O. The van der Waals surface area contributed by atoms with E-state index in [1.54, 1.807) is 12.4 Å². The van der Waals surface area contributed by atoms with Crippen molar-refractivity contribution in [1.29, 1.82) is 0 Å². The first kappa shape index (κ1) is 12.3. The van der Waals surface area contributed by atoms with E-state index in [1.807, 2.05) is 35.9 Å². The molecule has 0 spiro atoms. The van der Waals surface area contributed by atoms with Crippen molar-refractivity contribution in [2.75, 3.05) is 0 Å². The molecule has 21 heavy (non-hydrogen) atoms. The molecule has 0 N–H and O–H groups in total. The first-order valence-corrected chi connectivity index (χ1v) is 7.01. The van der Waals surface area contributed by atoms with Gasteiger partial charge in [0.25, 0.3) is 0 Å². The molecule has 0 amide bonds. The van der Waals surface area contributed by atoms with Crippen LogP contribution in [0.3, 0.4) is 0 Å². The van der Waals surface area contributed by atoms with E-state index in [0.717, 1.165) is 34.0 Å². The number of aryl methyl sites for hydroxylation is 1. The average Bonchev–Trinajstić information content (AvgIpc) is 3.10. The highest BCUT2D eigenvalue weighted by molar-refractivity contribution is 6.30. The molecule has 6 heteroatoms. The fraction of sp³-hybridized carbons (Fsp3) is 0.133. The van der Waals surface area contributed by atoms with Gasteiger partial charge in [-0.05, 0) is 19.1 Å². The standard InChI is InChI=1S/C15H11ClN4O/c1-2-20-15-12(8-18-20)13-11(7-17-15)14(21-19-13)9-4-3-5-10(16)6-9/h3-8H,2H2,1H3. The second-order valence-corrected chi connectivity index (χ2v) is 5.18. The third kappa shape index (κ3) is 1.81. The molecule has 3 aromatic heterocycles. The fourth-order valence-electron chi connectivity index (χ4n) is 2.49. The van der Waals surface area contributed by atoms with Crippen molar-refractivity contribution >= 4 is 33.5 Å². The normalized spacial score (nSPS) is 11.5. The van der Waals surface area contributed by atoms with Crippen LogP contribution in [0.1, 0.15) is 6.92 Å². The van der Waals surface area contributed by atoms with E-state index >= 15 is 0 Å². The highest BCUT2D eigenvalue weighted by Gasteiger charge is 2.16. The van der Waals surface area contributed by atoms with E-state index in [4.69, 9.17) is 16.1 Å². The number of rotatable bonds is 2. The lowest BCUT2D eigenvalue weighted by molar-refractivity contribution is 0.441. The minimum Gasteiger partial charge on any atom is -0.355 e. The maximum Gasteiger partial charge on any atom is 0.176 e. The summed E-state index contributed by atoms with van der Waals surface area (Å²) in [6, 6.07) is 7.49. The van der Waals surface area contributed by atoms with Gasteiger partial charge >= 0.3 is 0 Å². The number of fused-ring (bicyclic) bond motifs is 3. The zero-order valence-corrected chi connectivity index (χ0v) is 12.0. The van der Waals surface area contributed by atoms with Crippen molar-refractivity contribution in [3.63, 3.8) is 0 Å². The Hall–Kier alpha value is -2.40. The molecule has 5 nitrogen and oxygen atoms in total. The van der Waals surface area contributed by atoms with Gasteiger partial charge in [-0.15, -0.1) is 0 Å². The van der Waals surface area contributed by atoms with Gasteiger partial charge in [0.15, 0.2) is 11.4 Å². The summed E-state index contributed by atoms with van der Waals surface area (Å²) in [5.74, 6) is 0.672. The minimum atomic E-state index is 0.657. The van der Waals surface area contributed by atoms with Gasteiger partial charge in [0.05, 0.1) is 17.0 Å². The molecule has 104 valence electrons. The van der Waals surface area contributed by atoms with Gasteiger partial charge in [0, 0.05) is 23.3 Å². The van der Waals surface area contributed by atoms with Crippen LogP contribution in [0.25, 0.3) is 33.3 Å². The first-order chi connectivity index (χ1) is 10.3. The van der Waals surface area contributed by atoms with Gasteiger partial charge in [0.2, 0.25) is 0 Å². The van der Waals surface area contributed by atoms with Gasteiger partial charge in [-0.2, -0.15) is 5.10 Å². The molecule has 0 atom stereocenters. The molecule has 0 saturated heterocycles. The third-order valence-corrected chi connectivity index (χ3v) is 3.73. The second kappa shape index (κ2) is 4.56. The SMILES string of the molecule is CCn1ncc2c3noc(-c4cccc(Cl)c4)c3cnc21. The molecule has 0 unspecified atom stereocenters. The number of hydrogen-bond acceptors (Lipinski definition) is 4. The lowest BCUT2D eigenvalue weighted by Crippen LogP contribution is -1.96. The number of benzene rings is 1. The van der Waals surface area contributed by atoms with Gasteiger partial charge in [-0.3, -0.25) is 0 Å². The van der Waals surface area contributed by atoms with Crippen LogP contribution in [-0.4, -0.2) is 19.9 Å². The average molecular weight is 299 g/mol. The second-order valence-electron chi connectivity index (χ2n) is 4.74. The van der Waals surface area contributed by atoms with Gasteiger partial charge in [-0.1, -0.05) is 28.9 Å². The zero-order valence-electron chi connectivity index (χ0n) is 11.2. The number of nitrogens with zero attached hydrogens (tertiary/aromatic N) is 4. The van der Waals surface area contributed by atoms with Crippen molar-refractivity contribution < 1.29 is 4.52 Å². The Labute approximate surface area is 125 Å². The van der Waals surface area contributed by atoms with Crippen LogP contribution in [0, 0.1) is 0 Å². The first-order valence-electron chi connectivity index (χ1n) is 6.63. The minimum absolute atomic E-state index is 0.657. The molecule has 3 heterocycles.